The molecule has 0 fully saturated rings. The number of hydrogen-bond donors (Lipinski definition) is 0. The molecular weight excluding hydrogens is 575 g/mol. The Morgan fingerprint density at radius 2 is 1.16 bits per heavy atom. The van der Waals surface area contributed by atoms with E-state index in [1.165, 1.54) is 20.2 Å². The van der Waals surface area contributed by atoms with Crippen molar-refractivity contribution in [2.24, 2.45) is 0 Å². The minimum absolute atomic E-state index is 0.572. The van der Waals surface area contributed by atoms with Gasteiger partial charge >= 0.3 is 0 Å². The van der Waals surface area contributed by atoms with Gasteiger partial charge in [-0.05, 0) is 54.6 Å². The van der Waals surface area contributed by atoms with Crippen LogP contribution in [0.5, 0.6) is 0 Å². The van der Waals surface area contributed by atoms with Crippen LogP contribution in [0.2, 0.25) is 0 Å². The fraction of sp³-hybridized carbons (Fsp3) is 0. The number of para-hydroxylation sites is 2. The molecule has 0 aliphatic rings. The molecule has 0 N–H and O–H groups in total. The van der Waals surface area contributed by atoms with E-state index in [4.69, 9.17) is 19.4 Å². The highest BCUT2D eigenvalue weighted by molar-refractivity contribution is 7.25. The van der Waals surface area contributed by atoms with E-state index in [1.54, 1.807) is 17.5 Å². The summed E-state index contributed by atoms with van der Waals surface area (Å²) in [4.78, 5) is 19.8. The Bertz CT molecular complexity index is 2740. The highest BCUT2D eigenvalue weighted by Crippen LogP contribution is 2.37. The predicted octanol–water partition coefficient (Wildman–Crippen LogP) is 9.96. The van der Waals surface area contributed by atoms with Crippen molar-refractivity contribution in [3.05, 3.63) is 128 Å². The highest BCUT2D eigenvalue weighted by atomic mass is 32.1. The molecule has 0 atom stereocenters. The van der Waals surface area contributed by atoms with Crippen molar-refractivity contribution in [3.8, 4) is 28.7 Å². The predicted molar refractivity (Wildman–Crippen MR) is 183 cm³/mol. The molecule has 10 rings (SSSR count). The van der Waals surface area contributed by atoms with Gasteiger partial charge in [0.15, 0.2) is 11.6 Å². The number of aromatic nitrogens is 5. The van der Waals surface area contributed by atoms with E-state index in [-0.39, 0.29) is 0 Å². The molecular formula is C38H21N5OS. The van der Waals surface area contributed by atoms with E-state index in [0.29, 0.717) is 23.3 Å². The summed E-state index contributed by atoms with van der Waals surface area (Å²) in [6.07, 6.45) is 1.75. The highest BCUT2D eigenvalue weighted by Gasteiger charge is 2.19. The van der Waals surface area contributed by atoms with Crippen molar-refractivity contribution >= 4 is 75.4 Å². The Kier molecular flexibility index (Phi) is 5.06. The molecule has 7 heteroatoms. The summed E-state index contributed by atoms with van der Waals surface area (Å²) in [7, 11) is 0. The number of fused-ring (bicyclic) bond motifs is 9. The lowest BCUT2D eigenvalue weighted by Crippen LogP contribution is -2.06. The van der Waals surface area contributed by atoms with Crippen molar-refractivity contribution in [2.45, 2.75) is 0 Å². The molecule has 6 nitrogen and oxygen atoms in total. The standard InChI is InChI=1S/C38H21N5OS/c1-4-12-30-24(8-1)25-9-2-5-13-31(25)43(30)38-41-35(22-16-18-32-29(20-22)28-11-7-19-39-37(28)44-32)40-36(42-38)23-15-17-27-26-10-3-6-14-33(26)45-34(27)21-23/h1-21H. The molecule has 0 amide bonds. The van der Waals surface area contributed by atoms with E-state index in [2.05, 4.69) is 107 Å². The number of hydrogen-bond acceptors (Lipinski definition) is 6. The molecule has 45 heavy (non-hydrogen) atoms. The summed E-state index contributed by atoms with van der Waals surface area (Å²) >= 11 is 1.79. The first-order chi connectivity index (χ1) is 22.3. The first-order valence-electron chi connectivity index (χ1n) is 14.7. The second-order valence-corrected chi connectivity index (χ2v) is 12.2. The Morgan fingerprint density at radius 3 is 1.96 bits per heavy atom. The Labute approximate surface area is 259 Å². The van der Waals surface area contributed by atoms with Gasteiger partial charge in [-0.25, -0.2) is 9.97 Å². The number of benzene rings is 5. The van der Waals surface area contributed by atoms with Crippen molar-refractivity contribution < 1.29 is 4.42 Å². The maximum Gasteiger partial charge on any atom is 0.238 e. The van der Waals surface area contributed by atoms with Crippen LogP contribution in [-0.4, -0.2) is 24.5 Å². The first-order valence-corrected chi connectivity index (χ1v) is 15.5. The number of rotatable bonds is 3. The molecule has 5 aromatic heterocycles. The summed E-state index contributed by atoms with van der Waals surface area (Å²) in [6.45, 7) is 0. The third-order valence-corrected chi connectivity index (χ3v) is 9.68. The average Bonchev–Trinajstić information content (AvgIpc) is 3.77. The first kappa shape index (κ1) is 24.5. The van der Waals surface area contributed by atoms with E-state index >= 15 is 0 Å². The lowest BCUT2D eigenvalue weighted by Gasteiger charge is -2.11. The van der Waals surface area contributed by atoms with Gasteiger partial charge in [0.1, 0.15) is 5.58 Å². The fourth-order valence-electron chi connectivity index (χ4n) is 6.48. The molecule has 0 radical (unpaired) electrons. The molecule has 0 spiro atoms. The Balaban J connectivity index is 1.25. The van der Waals surface area contributed by atoms with Gasteiger partial charge in [0, 0.05) is 59.0 Å². The summed E-state index contributed by atoms with van der Waals surface area (Å²) in [6, 6.07) is 41.9. The molecule has 0 bridgehead atoms. The molecule has 210 valence electrons. The number of pyridine rings is 1. The molecule has 5 heterocycles. The third kappa shape index (κ3) is 3.68. The lowest BCUT2D eigenvalue weighted by molar-refractivity contribution is 0.654. The van der Waals surface area contributed by atoms with E-state index < -0.39 is 0 Å². The molecule has 0 saturated heterocycles. The average molecular weight is 596 g/mol. The van der Waals surface area contributed by atoms with Gasteiger partial charge in [-0.3, -0.25) is 4.57 Å². The SMILES string of the molecule is c1ccc2c(c1)sc1cc(-c3nc(-c4ccc5oc6ncccc6c5c4)nc(-n4c5ccccc5c5ccccc54)n3)ccc12. The molecule has 0 saturated carbocycles. The topological polar surface area (TPSA) is 69.6 Å². The second kappa shape index (κ2) is 9.29. The van der Waals surface area contributed by atoms with Gasteiger partial charge in [0.05, 0.1) is 11.0 Å². The van der Waals surface area contributed by atoms with E-state index in [1.807, 2.05) is 24.3 Å². The zero-order valence-electron chi connectivity index (χ0n) is 23.7. The summed E-state index contributed by atoms with van der Waals surface area (Å²) < 4.78 is 10.6. The maximum absolute atomic E-state index is 6.01. The van der Waals surface area contributed by atoms with Crippen molar-refractivity contribution in [1.82, 2.24) is 24.5 Å². The second-order valence-electron chi connectivity index (χ2n) is 11.1. The van der Waals surface area contributed by atoms with Crippen LogP contribution in [0.3, 0.4) is 0 Å². The summed E-state index contributed by atoms with van der Waals surface area (Å²) in [5.74, 6) is 1.78. The van der Waals surface area contributed by atoms with Gasteiger partial charge < -0.3 is 4.42 Å². The molecule has 0 aliphatic heterocycles. The minimum Gasteiger partial charge on any atom is -0.438 e. The summed E-state index contributed by atoms with van der Waals surface area (Å²) in [5, 5.41) is 6.75. The Hall–Kier alpha value is -5.92. The summed E-state index contributed by atoms with van der Waals surface area (Å²) in [5.41, 5.74) is 5.30. The molecule has 0 unspecified atom stereocenters. The van der Waals surface area contributed by atoms with Gasteiger partial charge in [-0.2, -0.15) is 9.97 Å². The van der Waals surface area contributed by atoms with Crippen LogP contribution in [0.1, 0.15) is 0 Å². The monoisotopic (exact) mass is 595 g/mol. The van der Waals surface area contributed by atoms with Gasteiger partial charge in [0.25, 0.3) is 0 Å². The van der Waals surface area contributed by atoms with Crippen molar-refractivity contribution in [3.63, 3.8) is 0 Å². The van der Waals surface area contributed by atoms with Gasteiger partial charge in [0.2, 0.25) is 11.7 Å². The van der Waals surface area contributed by atoms with E-state index in [0.717, 1.165) is 49.3 Å². The maximum atomic E-state index is 6.01. The van der Waals surface area contributed by atoms with Crippen LogP contribution in [0.4, 0.5) is 0 Å². The zero-order valence-corrected chi connectivity index (χ0v) is 24.5. The fourth-order valence-corrected chi connectivity index (χ4v) is 7.62. The van der Waals surface area contributed by atoms with Crippen LogP contribution in [0.15, 0.2) is 132 Å². The number of furan rings is 1. The molecule has 10 aromatic rings. The van der Waals surface area contributed by atoms with Crippen molar-refractivity contribution in [2.75, 3.05) is 0 Å². The van der Waals surface area contributed by atoms with Crippen LogP contribution < -0.4 is 0 Å². The molecule has 0 aliphatic carbocycles. The van der Waals surface area contributed by atoms with Gasteiger partial charge in [-0.1, -0.05) is 66.7 Å². The van der Waals surface area contributed by atoms with Crippen LogP contribution >= 0.6 is 11.3 Å². The normalized spacial score (nSPS) is 12.0. The van der Waals surface area contributed by atoms with Gasteiger partial charge in [-0.15, -0.1) is 11.3 Å². The van der Waals surface area contributed by atoms with Crippen LogP contribution in [0, 0.1) is 0 Å². The smallest absolute Gasteiger partial charge is 0.238 e. The molecule has 5 aromatic carbocycles. The van der Waals surface area contributed by atoms with Crippen LogP contribution in [0.25, 0.3) is 92.8 Å². The van der Waals surface area contributed by atoms with E-state index in [9.17, 15) is 0 Å². The Morgan fingerprint density at radius 1 is 0.511 bits per heavy atom. The largest absolute Gasteiger partial charge is 0.438 e. The third-order valence-electron chi connectivity index (χ3n) is 8.55. The minimum atomic E-state index is 0.572. The number of thiophene rings is 1. The van der Waals surface area contributed by atoms with Crippen LogP contribution in [-0.2, 0) is 0 Å². The van der Waals surface area contributed by atoms with Crippen molar-refractivity contribution in [1.29, 1.82) is 0 Å². The quantitative estimate of drug-likeness (QED) is 0.203. The number of nitrogens with zero attached hydrogens (tertiary/aromatic N) is 5. The zero-order chi connectivity index (χ0) is 29.5. The lowest BCUT2D eigenvalue weighted by atomic mass is 10.1.